The third kappa shape index (κ3) is 2.44. The zero-order valence-corrected chi connectivity index (χ0v) is 9.90. The van der Waals surface area contributed by atoms with Crippen LogP contribution in [0.15, 0.2) is 17.0 Å². The van der Waals surface area contributed by atoms with Crippen LogP contribution in [0.1, 0.15) is 18.4 Å². The van der Waals surface area contributed by atoms with Gasteiger partial charge < -0.3 is 9.84 Å². The fraction of sp³-hybridized carbons (Fsp3) is 0.455. The van der Waals surface area contributed by atoms with E-state index in [4.69, 9.17) is 9.84 Å². The summed E-state index contributed by atoms with van der Waals surface area (Å²) in [5.41, 5.74) is 0.530. The first kappa shape index (κ1) is 12.3. The van der Waals surface area contributed by atoms with E-state index in [1.807, 2.05) is 0 Å². The molecule has 0 aromatic heterocycles. The van der Waals surface area contributed by atoms with Gasteiger partial charge in [-0.1, -0.05) is 13.0 Å². The van der Waals surface area contributed by atoms with Crippen molar-refractivity contribution < 1.29 is 14.2 Å². The molecule has 1 rings (SSSR count). The zero-order valence-electron chi connectivity index (χ0n) is 9.08. The molecule has 0 heterocycles. The minimum absolute atomic E-state index is 0.0585. The molecular weight excluding hydrogens is 215 g/mol. The maximum atomic E-state index is 13.9. The molecule has 0 saturated carbocycles. The van der Waals surface area contributed by atoms with E-state index in [9.17, 15) is 4.39 Å². The van der Waals surface area contributed by atoms with Gasteiger partial charge in [0, 0.05) is 12.5 Å². The molecule has 1 atom stereocenters. The number of hydrogen-bond acceptors (Lipinski definition) is 3. The lowest BCUT2D eigenvalue weighted by atomic mass is 10.0. The van der Waals surface area contributed by atoms with Crippen LogP contribution in [-0.4, -0.2) is 25.1 Å². The highest BCUT2D eigenvalue weighted by Crippen LogP contribution is 2.34. The number of thioether (sulfide) groups is 1. The van der Waals surface area contributed by atoms with E-state index in [1.165, 1.54) is 18.9 Å². The van der Waals surface area contributed by atoms with Crippen molar-refractivity contribution in [3.63, 3.8) is 0 Å². The Hall–Kier alpha value is -0.740. The van der Waals surface area contributed by atoms with Crippen molar-refractivity contribution in [3.05, 3.63) is 23.5 Å². The molecule has 0 radical (unpaired) electrons. The molecule has 1 unspecified atom stereocenters. The lowest BCUT2D eigenvalue weighted by Gasteiger charge is -2.14. The lowest BCUT2D eigenvalue weighted by molar-refractivity contribution is 0.269. The van der Waals surface area contributed by atoms with Crippen LogP contribution < -0.4 is 4.74 Å². The number of aliphatic hydroxyl groups excluding tert-OH is 1. The van der Waals surface area contributed by atoms with E-state index < -0.39 is 0 Å². The van der Waals surface area contributed by atoms with Crippen molar-refractivity contribution in [3.8, 4) is 5.75 Å². The maximum Gasteiger partial charge on any atom is 0.144 e. The Morgan fingerprint density at radius 2 is 2.20 bits per heavy atom. The zero-order chi connectivity index (χ0) is 11.4. The first-order chi connectivity index (χ1) is 7.15. The van der Waals surface area contributed by atoms with Crippen molar-refractivity contribution in [2.24, 2.45) is 0 Å². The Kier molecular flexibility index (Phi) is 4.42. The number of methoxy groups -OCH3 is 1. The summed E-state index contributed by atoms with van der Waals surface area (Å²) < 4.78 is 19.0. The number of aliphatic hydroxyl groups is 1. The summed E-state index contributed by atoms with van der Waals surface area (Å²) >= 11 is 1.31. The Labute approximate surface area is 93.5 Å². The van der Waals surface area contributed by atoms with Crippen LogP contribution in [0.25, 0.3) is 0 Å². The van der Waals surface area contributed by atoms with Gasteiger partial charge in [0.1, 0.15) is 11.6 Å². The largest absolute Gasteiger partial charge is 0.495 e. The quantitative estimate of drug-likeness (QED) is 0.806. The van der Waals surface area contributed by atoms with Gasteiger partial charge >= 0.3 is 0 Å². The number of hydrogen-bond donors (Lipinski definition) is 1. The number of rotatable bonds is 4. The van der Waals surface area contributed by atoms with E-state index in [1.54, 1.807) is 25.3 Å². The standard InChI is InChI=1S/C11H15FO2S/c1-7(6-13)8-4-5-9(14-2)11(15-3)10(8)12/h4-5,7,13H,6H2,1-3H3. The van der Waals surface area contributed by atoms with Crippen molar-refractivity contribution in [2.45, 2.75) is 17.7 Å². The van der Waals surface area contributed by atoms with E-state index in [-0.39, 0.29) is 18.3 Å². The van der Waals surface area contributed by atoms with Gasteiger partial charge in [-0.05, 0) is 17.9 Å². The second-order valence-corrected chi connectivity index (χ2v) is 4.10. The van der Waals surface area contributed by atoms with Crippen molar-refractivity contribution in [1.82, 2.24) is 0 Å². The molecule has 2 nitrogen and oxygen atoms in total. The van der Waals surface area contributed by atoms with Crippen LogP contribution >= 0.6 is 11.8 Å². The van der Waals surface area contributed by atoms with Crippen LogP contribution in [0.5, 0.6) is 5.75 Å². The highest BCUT2D eigenvalue weighted by Gasteiger charge is 2.16. The van der Waals surface area contributed by atoms with Gasteiger partial charge in [0.2, 0.25) is 0 Å². The fourth-order valence-corrected chi connectivity index (χ4v) is 2.03. The number of benzene rings is 1. The molecule has 0 amide bonds. The highest BCUT2D eigenvalue weighted by molar-refractivity contribution is 7.98. The summed E-state index contributed by atoms with van der Waals surface area (Å²) in [7, 11) is 1.52. The average Bonchev–Trinajstić information content (AvgIpc) is 2.27. The Balaban J connectivity index is 3.22. The molecule has 0 spiro atoms. The SMILES string of the molecule is COc1ccc(C(C)CO)c(F)c1SC. The second kappa shape index (κ2) is 5.37. The number of halogens is 1. The average molecular weight is 230 g/mol. The third-order valence-corrected chi connectivity index (χ3v) is 3.11. The lowest BCUT2D eigenvalue weighted by Crippen LogP contribution is -2.04. The summed E-state index contributed by atoms with van der Waals surface area (Å²) in [6, 6.07) is 3.39. The van der Waals surface area contributed by atoms with Crippen LogP contribution in [0.2, 0.25) is 0 Å². The molecule has 84 valence electrons. The van der Waals surface area contributed by atoms with Crippen LogP contribution in [-0.2, 0) is 0 Å². The van der Waals surface area contributed by atoms with Gasteiger partial charge in [0.15, 0.2) is 0 Å². The van der Waals surface area contributed by atoms with Crippen LogP contribution in [0.3, 0.4) is 0 Å². The van der Waals surface area contributed by atoms with Crippen LogP contribution in [0.4, 0.5) is 4.39 Å². The molecule has 15 heavy (non-hydrogen) atoms. The molecule has 1 aromatic carbocycles. The molecule has 4 heteroatoms. The predicted octanol–water partition coefficient (Wildman–Crippen LogP) is 2.65. The molecule has 0 aliphatic rings. The first-order valence-electron chi connectivity index (χ1n) is 4.66. The van der Waals surface area contributed by atoms with E-state index in [0.717, 1.165) is 0 Å². The summed E-state index contributed by atoms with van der Waals surface area (Å²) in [5.74, 6) is 0.0547. The smallest absolute Gasteiger partial charge is 0.144 e. The topological polar surface area (TPSA) is 29.5 Å². The molecule has 0 aliphatic heterocycles. The minimum Gasteiger partial charge on any atom is -0.495 e. The van der Waals surface area contributed by atoms with Gasteiger partial charge in [0.25, 0.3) is 0 Å². The van der Waals surface area contributed by atoms with E-state index in [0.29, 0.717) is 16.2 Å². The molecule has 0 saturated heterocycles. The van der Waals surface area contributed by atoms with Gasteiger partial charge in [-0.25, -0.2) is 4.39 Å². The highest BCUT2D eigenvalue weighted by atomic mass is 32.2. The Morgan fingerprint density at radius 1 is 1.53 bits per heavy atom. The first-order valence-corrected chi connectivity index (χ1v) is 5.89. The monoisotopic (exact) mass is 230 g/mol. The van der Waals surface area contributed by atoms with E-state index >= 15 is 0 Å². The van der Waals surface area contributed by atoms with E-state index in [2.05, 4.69) is 0 Å². The molecule has 0 aliphatic carbocycles. The fourth-order valence-electron chi connectivity index (χ4n) is 1.38. The van der Waals surface area contributed by atoms with Gasteiger partial charge in [-0.15, -0.1) is 11.8 Å². The summed E-state index contributed by atoms with van der Waals surface area (Å²) in [6.07, 6.45) is 1.80. The van der Waals surface area contributed by atoms with Crippen molar-refractivity contribution in [1.29, 1.82) is 0 Å². The minimum atomic E-state index is -0.289. The maximum absolute atomic E-state index is 13.9. The predicted molar refractivity (Wildman–Crippen MR) is 60.2 cm³/mol. The summed E-state index contributed by atoms with van der Waals surface area (Å²) in [6.45, 7) is 1.73. The normalized spacial score (nSPS) is 12.6. The van der Waals surface area contributed by atoms with Gasteiger partial charge in [0.05, 0.1) is 12.0 Å². The Morgan fingerprint density at radius 3 is 2.67 bits per heavy atom. The molecular formula is C11H15FO2S. The summed E-state index contributed by atoms with van der Waals surface area (Å²) in [4.78, 5) is 0.496. The number of ether oxygens (including phenoxy) is 1. The molecule has 1 aromatic rings. The second-order valence-electron chi connectivity index (χ2n) is 3.29. The van der Waals surface area contributed by atoms with Gasteiger partial charge in [-0.3, -0.25) is 0 Å². The van der Waals surface area contributed by atoms with Crippen molar-refractivity contribution in [2.75, 3.05) is 20.0 Å². The Bertz CT molecular complexity index is 342. The molecule has 0 bridgehead atoms. The summed E-state index contributed by atoms with van der Waals surface area (Å²) in [5, 5.41) is 9.00. The molecule has 0 fully saturated rings. The van der Waals surface area contributed by atoms with Crippen LogP contribution in [0, 0.1) is 5.82 Å². The molecule has 1 N–H and O–H groups in total. The van der Waals surface area contributed by atoms with Gasteiger partial charge in [-0.2, -0.15) is 0 Å². The van der Waals surface area contributed by atoms with Crippen molar-refractivity contribution >= 4 is 11.8 Å². The third-order valence-electron chi connectivity index (χ3n) is 2.32.